The highest BCUT2D eigenvalue weighted by atomic mass is 32.2. The van der Waals surface area contributed by atoms with Gasteiger partial charge in [-0.25, -0.2) is 0 Å². The molecule has 0 aliphatic carbocycles. The summed E-state index contributed by atoms with van der Waals surface area (Å²) in [5, 5.41) is 25.1. The molecule has 25 heteroatoms. The van der Waals surface area contributed by atoms with Gasteiger partial charge in [0, 0.05) is 21.8 Å². The second-order valence-corrected chi connectivity index (χ2v) is 15.9. The fourth-order valence-corrected chi connectivity index (χ4v) is 7.36. The van der Waals surface area contributed by atoms with Crippen molar-refractivity contribution in [2.24, 2.45) is 10.2 Å². The predicted molar refractivity (Wildman–Crippen MR) is 149 cm³/mol. The van der Waals surface area contributed by atoms with Gasteiger partial charge in [0.25, 0.3) is 50.6 Å². The quantitative estimate of drug-likeness (QED) is 0.0761. The number of hydrogen-bond donors (Lipinski definition) is 8. The molecule has 20 nitrogen and oxygen atoms in total. The Bertz CT molecular complexity index is 2580. The number of rotatable bonds is 7. The average molecular weight is 730 g/mol. The number of nitrogen functional groups attached to an aromatic ring is 1. The maximum atomic E-state index is 12.2. The van der Waals surface area contributed by atoms with E-state index in [0.717, 1.165) is 0 Å². The van der Waals surface area contributed by atoms with Crippen LogP contribution in [0.1, 0.15) is 0 Å². The number of nitrogens with zero attached hydrogens (tertiary/aromatic N) is 2. The fourth-order valence-electron chi connectivity index (χ4n) is 4.11. The number of azo groups is 1. The first kappa shape index (κ1) is 33.8. The standard InChI is InChI=1S/C20H15N3O17S5/c21-11-4-8(41(26,27)28)1-7-2-15(45(38,39)40)18(20(25)16(7)11)23-22-12-6-13(43(32,33)34)10-3-9(42(29,30)31)5-14(44(35,36)37)17(10)19(12)24/h1-6,24-25H,21H2,(H,26,27,28)(H,29,30,31)(H,32,33,34)(H,35,36,37)(H,38,39,40). The Morgan fingerprint density at radius 3 is 1.51 bits per heavy atom. The number of benzene rings is 4. The zero-order chi connectivity index (χ0) is 34.2. The predicted octanol–water partition coefficient (Wildman–Crippen LogP) is 1.64. The summed E-state index contributed by atoms with van der Waals surface area (Å²) in [5.74, 6) is -2.61. The SMILES string of the molecule is Nc1cc(S(=O)(=O)O)cc2cc(S(=O)(=O)O)c(N=Nc3cc(S(=O)(=O)O)c4cc(S(=O)(=O)O)cc(S(=O)(=O)O)c4c3O)c(O)c12. The summed E-state index contributed by atoms with van der Waals surface area (Å²) in [5.41, 5.74) is 2.83. The van der Waals surface area contributed by atoms with E-state index in [1.54, 1.807) is 0 Å². The van der Waals surface area contributed by atoms with Crippen molar-refractivity contribution in [3.63, 3.8) is 0 Å². The van der Waals surface area contributed by atoms with E-state index in [1.165, 1.54) is 0 Å². The minimum Gasteiger partial charge on any atom is -0.505 e. The molecule has 0 bridgehead atoms. The number of aromatic hydroxyl groups is 2. The van der Waals surface area contributed by atoms with Gasteiger partial charge in [-0.1, -0.05) is 0 Å². The van der Waals surface area contributed by atoms with Crippen LogP contribution in [0.4, 0.5) is 17.1 Å². The Hall–Kier alpha value is -4.05. The molecule has 0 aromatic heterocycles. The van der Waals surface area contributed by atoms with Crippen LogP contribution in [0, 0.1) is 0 Å². The van der Waals surface area contributed by atoms with Gasteiger partial charge in [-0.05, 0) is 41.8 Å². The number of fused-ring (bicyclic) bond motifs is 2. The van der Waals surface area contributed by atoms with Crippen LogP contribution in [-0.2, 0) is 50.6 Å². The molecule has 0 atom stereocenters. The molecule has 0 spiro atoms. The lowest BCUT2D eigenvalue weighted by atomic mass is 10.1. The van der Waals surface area contributed by atoms with Crippen molar-refractivity contribution in [1.29, 1.82) is 0 Å². The highest BCUT2D eigenvalue weighted by molar-refractivity contribution is 7.87. The van der Waals surface area contributed by atoms with Crippen LogP contribution in [0.5, 0.6) is 11.5 Å². The van der Waals surface area contributed by atoms with Crippen molar-refractivity contribution in [2.75, 3.05) is 5.73 Å². The fraction of sp³-hybridized carbons (Fsp3) is 0. The summed E-state index contributed by atoms with van der Waals surface area (Å²) in [6.45, 7) is 0. The summed E-state index contributed by atoms with van der Waals surface area (Å²) < 4.78 is 167. The van der Waals surface area contributed by atoms with Crippen molar-refractivity contribution in [2.45, 2.75) is 24.5 Å². The Morgan fingerprint density at radius 2 is 1.02 bits per heavy atom. The molecule has 0 aliphatic rings. The summed E-state index contributed by atoms with van der Waals surface area (Å²) >= 11 is 0. The van der Waals surface area contributed by atoms with E-state index < -0.39 is 125 Å². The number of phenolic OH excluding ortho intramolecular Hbond substituents is 2. The zero-order valence-corrected chi connectivity index (χ0v) is 25.3. The van der Waals surface area contributed by atoms with Crippen LogP contribution in [0.15, 0.2) is 71.1 Å². The molecule has 0 saturated carbocycles. The minimum absolute atomic E-state index is 0.108. The van der Waals surface area contributed by atoms with Gasteiger partial charge in [-0.2, -0.15) is 42.1 Å². The third-order valence-corrected chi connectivity index (χ3v) is 10.2. The number of phenols is 2. The van der Waals surface area contributed by atoms with Crippen molar-refractivity contribution in [3.8, 4) is 11.5 Å². The lowest BCUT2D eigenvalue weighted by Crippen LogP contribution is -2.07. The van der Waals surface area contributed by atoms with Gasteiger partial charge < -0.3 is 15.9 Å². The molecule has 0 amide bonds. The summed E-state index contributed by atoms with van der Waals surface area (Å²) in [4.78, 5) is -6.38. The van der Waals surface area contributed by atoms with Gasteiger partial charge in [0.05, 0.1) is 9.79 Å². The molecule has 4 aromatic carbocycles. The van der Waals surface area contributed by atoms with Crippen LogP contribution in [-0.4, -0.2) is 75.1 Å². The third-order valence-electron chi connectivity index (χ3n) is 5.93. The largest absolute Gasteiger partial charge is 0.505 e. The molecule has 9 N–H and O–H groups in total. The Kier molecular flexibility index (Phi) is 7.90. The van der Waals surface area contributed by atoms with Crippen molar-refractivity contribution < 1.29 is 75.1 Å². The van der Waals surface area contributed by atoms with Crippen LogP contribution < -0.4 is 5.73 Å². The topological polar surface area (TPSA) is 363 Å². The molecule has 0 unspecified atom stereocenters. The van der Waals surface area contributed by atoms with E-state index in [9.17, 15) is 75.1 Å². The van der Waals surface area contributed by atoms with E-state index >= 15 is 0 Å². The van der Waals surface area contributed by atoms with Crippen LogP contribution in [0.25, 0.3) is 21.5 Å². The summed E-state index contributed by atoms with van der Waals surface area (Å²) in [6, 6.07) is 2.50. The van der Waals surface area contributed by atoms with Gasteiger partial charge in [0.2, 0.25) is 0 Å². The minimum atomic E-state index is -5.57. The normalized spacial score (nSPS) is 13.6. The van der Waals surface area contributed by atoms with Crippen LogP contribution in [0.3, 0.4) is 0 Å². The zero-order valence-electron chi connectivity index (χ0n) is 21.2. The highest BCUT2D eigenvalue weighted by Gasteiger charge is 2.29. The number of hydrogen-bond acceptors (Lipinski definition) is 15. The van der Waals surface area contributed by atoms with E-state index in [0.29, 0.717) is 24.3 Å². The first-order valence-corrected chi connectivity index (χ1v) is 18.1. The second kappa shape index (κ2) is 10.5. The Labute approximate surface area is 251 Å². The maximum Gasteiger partial charge on any atom is 0.296 e. The van der Waals surface area contributed by atoms with E-state index in [-0.39, 0.29) is 12.1 Å². The lowest BCUT2D eigenvalue weighted by Gasteiger charge is -2.14. The number of anilines is 1. The molecule has 45 heavy (non-hydrogen) atoms. The van der Waals surface area contributed by atoms with Gasteiger partial charge in [0.15, 0.2) is 11.5 Å². The lowest BCUT2D eigenvalue weighted by molar-refractivity contribution is 0.470. The van der Waals surface area contributed by atoms with Crippen molar-refractivity contribution in [3.05, 3.63) is 36.4 Å². The van der Waals surface area contributed by atoms with Crippen LogP contribution in [0.2, 0.25) is 0 Å². The molecule has 4 aromatic rings. The monoisotopic (exact) mass is 729 g/mol. The van der Waals surface area contributed by atoms with E-state index in [4.69, 9.17) is 5.73 Å². The van der Waals surface area contributed by atoms with Gasteiger partial charge in [-0.15, -0.1) is 10.2 Å². The first-order valence-electron chi connectivity index (χ1n) is 10.9. The average Bonchev–Trinajstić information content (AvgIpc) is 2.85. The summed E-state index contributed by atoms with van der Waals surface area (Å²) in [7, 11) is -26.7. The smallest absolute Gasteiger partial charge is 0.296 e. The molecule has 0 saturated heterocycles. The molecule has 0 aliphatic heterocycles. The van der Waals surface area contributed by atoms with Gasteiger partial charge in [-0.3, -0.25) is 22.8 Å². The number of nitrogens with two attached hydrogens (primary N) is 1. The Balaban J connectivity index is 2.16. The molecule has 242 valence electrons. The first-order chi connectivity index (χ1) is 20.2. The van der Waals surface area contributed by atoms with Crippen molar-refractivity contribution in [1.82, 2.24) is 0 Å². The molecular formula is C20H15N3O17S5. The van der Waals surface area contributed by atoms with E-state index in [2.05, 4.69) is 10.2 Å². The molecule has 4 rings (SSSR count). The van der Waals surface area contributed by atoms with E-state index in [1.807, 2.05) is 0 Å². The highest BCUT2D eigenvalue weighted by Crippen LogP contribution is 2.47. The van der Waals surface area contributed by atoms with Crippen molar-refractivity contribution >= 4 is 89.2 Å². The van der Waals surface area contributed by atoms with Crippen LogP contribution >= 0.6 is 0 Å². The molecular weight excluding hydrogens is 715 g/mol. The molecule has 0 heterocycles. The molecule has 0 fully saturated rings. The second-order valence-electron chi connectivity index (χ2n) is 8.84. The summed E-state index contributed by atoms with van der Waals surface area (Å²) in [6.07, 6.45) is 0. The maximum absolute atomic E-state index is 12.2. The van der Waals surface area contributed by atoms with Gasteiger partial charge in [0.1, 0.15) is 26.1 Å². The van der Waals surface area contributed by atoms with Gasteiger partial charge >= 0.3 is 0 Å². The third kappa shape index (κ3) is 6.38. The Morgan fingerprint density at radius 1 is 0.511 bits per heavy atom. The molecule has 0 radical (unpaired) electrons.